The van der Waals surface area contributed by atoms with Crippen LogP contribution in [0.2, 0.25) is 0 Å². The van der Waals surface area contributed by atoms with Crippen LogP contribution >= 0.6 is 0 Å². The van der Waals surface area contributed by atoms with Gasteiger partial charge < -0.3 is 14.7 Å². The highest BCUT2D eigenvalue weighted by Crippen LogP contribution is 2.20. The summed E-state index contributed by atoms with van der Waals surface area (Å²) in [5.41, 5.74) is 1.50. The fourth-order valence-corrected chi connectivity index (χ4v) is 2.21. The smallest absolute Gasteiger partial charge is 0.354 e. The Hall–Kier alpha value is -2.56. The van der Waals surface area contributed by atoms with E-state index in [1.807, 2.05) is 12.1 Å². The van der Waals surface area contributed by atoms with E-state index in [1.165, 1.54) is 6.07 Å². The number of aromatic amines is 2. The van der Waals surface area contributed by atoms with Crippen molar-refractivity contribution in [2.75, 3.05) is 6.61 Å². The van der Waals surface area contributed by atoms with E-state index < -0.39 is 5.97 Å². The SMILES string of the molecule is CCOC(=O)c1cc(=O)c2c(ccc3[nH]ccc32)[nH]1. The normalized spacial score (nSPS) is 11.0. The molecule has 0 radical (unpaired) electrons. The molecule has 3 rings (SSSR count). The van der Waals surface area contributed by atoms with Crippen LogP contribution in [0.5, 0.6) is 0 Å². The molecule has 0 fully saturated rings. The summed E-state index contributed by atoms with van der Waals surface area (Å²) in [5.74, 6) is -0.518. The lowest BCUT2D eigenvalue weighted by atomic mass is 10.1. The summed E-state index contributed by atoms with van der Waals surface area (Å²) in [6.07, 6.45) is 1.78. The van der Waals surface area contributed by atoms with Gasteiger partial charge in [0.2, 0.25) is 0 Å². The molecule has 0 spiro atoms. The van der Waals surface area contributed by atoms with Crippen molar-refractivity contribution in [3.05, 3.63) is 46.4 Å². The summed E-state index contributed by atoms with van der Waals surface area (Å²) in [6.45, 7) is 2.00. The van der Waals surface area contributed by atoms with Gasteiger partial charge in [-0.3, -0.25) is 4.79 Å². The zero-order valence-corrected chi connectivity index (χ0v) is 10.3. The number of pyridine rings is 1. The lowest BCUT2D eigenvalue weighted by Crippen LogP contribution is -2.12. The monoisotopic (exact) mass is 256 g/mol. The molecule has 0 aliphatic carbocycles. The number of hydrogen-bond donors (Lipinski definition) is 2. The molecule has 19 heavy (non-hydrogen) atoms. The number of ether oxygens (including phenoxy) is 1. The topological polar surface area (TPSA) is 75.0 Å². The van der Waals surface area contributed by atoms with Gasteiger partial charge in [0.15, 0.2) is 5.43 Å². The maximum absolute atomic E-state index is 12.2. The molecule has 1 aromatic carbocycles. The van der Waals surface area contributed by atoms with Crippen LogP contribution in [-0.4, -0.2) is 22.5 Å². The summed E-state index contributed by atoms with van der Waals surface area (Å²) in [5, 5.41) is 1.42. The summed E-state index contributed by atoms with van der Waals surface area (Å²) in [4.78, 5) is 29.8. The molecular formula is C14H12N2O3. The van der Waals surface area contributed by atoms with Gasteiger partial charge in [-0.15, -0.1) is 0 Å². The number of nitrogens with one attached hydrogen (secondary N) is 2. The predicted octanol–water partition coefficient (Wildman–Crippen LogP) is 2.19. The van der Waals surface area contributed by atoms with E-state index in [0.717, 1.165) is 10.9 Å². The molecule has 0 saturated heterocycles. The number of carbonyl (C=O) groups is 1. The number of rotatable bonds is 2. The number of H-pyrrole nitrogens is 2. The van der Waals surface area contributed by atoms with Gasteiger partial charge in [0.25, 0.3) is 0 Å². The molecule has 0 unspecified atom stereocenters. The van der Waals surface area contributed by atoms with Gasteiger partial charge >= 0.3 is 5.97 Å². The van der Waals surface area contributed by atoms with Gasteiger partial charge in [-0.1, -0.05) is 0 Å². The third kappa shape index (κ3) is 1.79. The van der Waals surface area contributed by atoms with Crippen LogP contribution in [0.3, 0.4) is 0 Å². The Balaban J connectivity index is 2.30. The molecule has 0 bridgehead atoms. The predicted molar refractivity (Wildman–Crippen MR) is 72.4 cm³/mol. The minimum atomic E-state index is -0.518. The molecule has 0 amide bonds. The second-order valence-corrected chi connectivity index (χ2v) is 4.19. The van der Waals surface area contributed by atoms with E-state index >= 15 is 0 Å². The zero-order valence-electron chi connectivity index (χ0n) is 10.3. The van der Waals surface area contributed by atoms with Gasteiger partial charge in [-0.2, -0.15) is 0 Å². The molecule has 96 valence electrons. The first-order valence-electron chi connectivity index (χ1n) is 6.01. The first-order chi connectivity index (χ1) is 9.20. The summed E-state index contributed by atoms with van der Waals surface area (Å²) in [6, 6.07) is 6.77. The fraction of sp³-hybridized carbons (Fsp3) is 0.143. The maximum atomic E-state index is 12.2. The highest BCUT2D eigenvalue weighted by molar-refractivity contribution is 6.05. The Kier molecular flexibility index (Phi) is 2.59. The number of esters is 1. The largest absolute Gasteiger partial charge is 0.461 e. The molecule has 2 heterocycles. The summed E-state index contributed by atoms with van der Waals surface area (Å²) >= 11 is 0. The van der Waals surface area contributed by atoms with Crippen LogP contribution in [-0.2, 0) is 4.74 Å². The second kappa shape index (κ2) is 4.28. The number of benzene rings is 1. The lowest BCUT2D eigenvalue weighted by molar-refractivity contribution is 0.0520. The number of fused-ring (bicyclic) bond motifs is 3. The molecule has 0 atom stereocenters. The Morgan fingerprint density at radius 1 is 1.26 bits per heavy atom. The molecule has 5 heteroatoms. The minimum Gasteiger partial charge on any atom is -0.461 e. The third-order valence-corrected chi connectivity index (χ3v) is 3.02. The molecule has 3 aromatic rings. The first kappa shape index (κ1) is 11.5. The highest BCUT2D eigenvalue weighted by Gasteiger charge is 2.12. The second-order valence-electron chi connectivity index (χ2n) is 4.19. The summed E-state index contributed by atoms with van der Waals surface area (Å²) in [7, 11) is 0. The zero-order chi connectivity index (χ0) is 13.4. The van der Waals surface area contributed by atoms with Gasteiger partial charge in [0.05, 0.1) is 17.5 Å². The average molecular weight is 256 g/mol. The van der Waals surface area contributed by atoms with Gasteiger partial charge in [0, 0.05) is 23.2 Å². The van der Waals surface area contributed by atoms with E-state index in [1.54, 1.807) is 19.2 Å². The van der Waals surface area contributed by atoms with E-state index in [0.29, 0.717) is 10.9 Å². The standard InChI is InChI=1S/C14H12N2O3/c1-2-19-14(18)11-7-12(17)13-8-5-6-15-9(8)3-4-10(13)16-11/h3-7,15H,2H2,1H3,(H,16,17). The number of aromatic nitrogens is 2. The van der Waals surface area contributed by atoms with Gasteiger partial charge in [-0.05, 0) is 25.1 Å². The van der Waals surface area contributed by atoms with E-state index in [-0.39, 0.29) is 17.7 Å². The van der Waals surface area contributed by atoms with Crippen LogP contribution in [0, 0.1) is 0 Å². The van der Waals surface area contributed by atoms with Crippen molar-refractivity contribution >= 4 is 27.8 Å². The Morgan fingerprint density at radius 2 is 2.05 bits per heavy atom. The molecule has 0 aliphatic rings. The van der Waals surface area contributed by atoms with Crippen molar-refractivity contribution in [2.45, 2.75) is 6.92 Å². The third-order valence-electron chi connectivity index (χ3n) is 3.02. The van der Waals surface area contributed by atoms with Crippen LogP contribution in [0.4, 0.5) is 0 Å². The van der Waals surface area contributed by atoms with Crippen LogP contribution in [0.15, 0.2) is 35.3 Å². The molecule has 0 saturated carbocycles. The first-order valence-corrected chi connectivity index (χ1v) is 6.01. The van der Waals surface area contributed by atoms with E-state index in [4.69, 9.17) is 4.74 Å². The lowest BCUT2D eigenvalue weighted by Gasteiger charge is -2.04. The van der Waals surface area contributed by atoms with Crippen LogP contribution < -0.4 is 5.43 Å². The molecular weight excluding hydrogens is 244 g/mol. The Bertz CT molecular complexity index is 829. The highest BCUT2D eigenvalue weighted by atomic mass is 16.5. The van der Waals surface area contributed by atoms with Crippen molar-refractivity contribution in [3.8, 4) is 0 Å². The van der Waals surface area contributed by atoms with E-state index in [2.05, 4.69) is 9.97 Å². The van der Waals surface area contributed by atoms with Crippen molar-refractivity contribution in [1.82, 2.24) is 9.97 Å². The summed E-state index contributed by atoms with van der Waals surface area (Å²) < 4.78 is 4.89. The molecule has 2 N–H and O–H groups in total. The van der Waals surface area contributed by atoms with Gasteiger partial charge in [-0.25, -0.2) is 4.79 Å². The minimum absolute atomic E-state index is 0.175. The van der Waals surface area contributed by atoms with Crippen molar-refractivity contribution in [1.29, 1.82) is 0 Å². The van der Waals surface area contributed by atoms with Crippen LogP contribution in [0.25, 0.3) is 21.8 Å². The quantitative estimate of drug-likeness (QED) is 0.690. The molecule has 0 aliphatic heterocycles. The number of carbonyl (C=O) groups excluding carboxylic acids is 1. The van der Waals surface area contributed by atoms with Gasteiger partial charge in [0.1, 0.15) is 5.69 Å². The maximum Gasteiger partial charge on any atom is 0.354 e. The molecule has 2 aromatic heterocycles. The van der Waals surface area contributed by atoms with Crippen molar-refractivity contribution in [2.24, 2.45) is 0 Å². The van der Waals surface area contributed by atoms with Crippen molar-refractivity contribution in [3.63, 3.8) is 0 Å². The molecule has 5 nitrogen and oxygen atoms in total. The van der Waals surface area contributed by atoms with E-state index in [9.17, 15) is 9.59 Å². The van der Waals surface area contributed by atoms with Crippen molar-refractivity contribution < 1.29 is 9.53 Å². The Morgan fingerprint density at radius 3 is 2.84 bits per heavy atom. The fourth-order valence-electron chi connectivity index (χ4n) is 2.21. The van der Waals surface area contributed by atoms with Crippen LogP contribution in [0.1, 0.15) is 17.4 Å². The number of hydrogen-bond acceptors (Lipinski definition) is 3. The Labute approximate surface area is 108 Å². The average Bonchev–Trinajstić information content (AvgIpc) is 2.86.